The van der Waals surface area contributed by atoms with Crippen molar-refractivity contribution in [3.05, 3.63) is 41.1 Å². The highest BCUT2D eigenvalue weighted by molar-refractivity contribution is 5.71. The highest BCUT2D eigenvalue weighted by Crippen LogP contribution is 2.28. The fourth-order valence-corrected chi connectivity index (χ4v) is 2.62. The molecule has 1 N–H and O–H groups in total. The summed E-state index contributed by atoms with van der Waals surface area (Å²) in [7, 11) is 0. The molecule has 2 heterocycles. The Morgan fingerprint density at radius 2 is 2.19 bits per heavy atom. The van der Waals surface area contributed by atoms with Gasteiger partial charge in [0, 0.05) is 11.4 Å². The van der Waals surface area contributed by atoms with Crippen molar-refractivity contribution in [1.82, 2.24) is 15.0 Å². The van der Waals surface area contributed by atoms with Crippen molar-refractivity contribution >= 4 is 5.97 Å². The lowest BCUT2D eigenvalue weighted by molar-refractivity contribution is -0.142. The molecule has 0 aromatic carbocycles. The number of hydrogen-bond acceptors (Lipinski definition) is 4. The first-order valence-electron chi connectivity index (χ1n) is 6.75. The first-order valence-corrected chi connectivity index (χ1v) is 6.75. The van der Waals surface area contributed by atoms with E-state index in [9.17, 15) is 9.18 Å². The maximum absolute atomic E-state index is 12.9. The van der Waals surface area contributed by atoms with Gasteiger partial charge < -0.3 is 5.11 Å². The quantitative estimate of drug-likeness (QED) is 0.916. The van der Waals surface area contributed by atoms with Gasteiger partial charge in [0.25, 0.3) is 0 Å². The van der Waals surface area contributed by atoms with Gasteiger partial charge in [-0.15, -0.1) is 0 Å². The molecule has 21 heavy (non-hydrogen) atoms. The normalized spacial score (nSPS) is 17.3. The molecule has 1 aliphatic carbocycles. The van der Waals surface area contributed by atoms with Crippen molar-refractivity contribution < 1.29 is 14.3 Å². The fraction of sp³-hybridized carbons (Fsp3) is 0.333. The van der Waals surface area contributed by atoms with E-state index in [1.54, 1.807) is 6.07 Å². The Bertz CT molecular complexity index is 701. The number of fused-ring (bicyclic) bond motifs is 1. The summed E-state index contributed by atoms with van der Waals surface area (Å²) >= 11 is 0. The summed E-state index contributed by atoms with van der Waals surface area (Å²) in [4.78, 5) is 24.0. The molecule has 0 bridgehead atoms. The maximum atomic E-state index is 12.9. The number of hydrogen-bond donors (Lipinski definition) is 1. The minimum Gasteiger partial charge on any atom is -0.481 e. The summed E-state index contributed by atoms with van der Waals surface area (Å²) in [5.41, 5.74) is 3.08. The molecule has 108 valence electrons. The lowest BCUT2D eigenvalue weighted by Crippen LogP contribution is -2.24. The van der Waals surface area contributed by atoms with E-state index in [2.05, 4.69) is 15.0 Å². The van der Waals surface area contributed by atoms with Crippen molar-refractivity contribution in [3.63, 3.8) is 0 Å². The second kappa shape index (κ2) is 5.20. The number of aliphatic carboxylic acids is 1. The fourth-order valence-electron chi connectivity index (χ4n) is 2.62. The van der Waals surface area contributed by atoms with Gasteiger partial charge in [-0.05, 0) is 43.9 Å². The van der Waals surface area contributed by atoms with Crippen molar-refractivity contribution in [2.75, 3.05) is 0 Å². The Morgan fingerprint density at radius 1 is 1.38 bits per heavy atom. The SMILES string of the molecule is Cc1nc(-c2ccc(F)cn2)nc2c1CC(C(=O)O)CC2. The number of carboxylic acid groups (broad SMARTS) is 1. The molecule has 5 nitrogen and oxygen atoms in total. The van der Waals surface area contributed by atoms with Crippen LogP contribution in [0.25, 0.3) is 11.5 Å². The Balaban J connectivity index is 1.99. The zero-order valence-electron chi connectivity index (χ0n) is 11.5. The molecule has 0 spiro atoms. The van der Waals surface area contributed by atoms with E-state index in [4.69, 9.17) is 5.11 Å². The molecule has 1 unspecified atom stereocenters. The minimum atomic E-state index is -0.774. The third-order valence-electron chi connectivity index (χ3n) is 3.79. The average Bonchev–Trinajstić information content (AvgIpc) is 2.47. The van der Waals surface area contributed by atoms with Gasteiger partial charge in [0.05, 0.1) is 12.1 Å². The van der Waals surface area contributed by atoms with Crippen molar-refractivity contribution in [2.45, 2.75) is 26.2 Å². The van der Waals surface area contributed by atoms with Crippen LogP contribution >= 0.6 is 0 Å². The lowest BCUT2D eigenvalue weighted by atomic mass is 9.86. The number of aryl methyl sites for hydroxylation is 2. The van der Waals surface area contributed by atoms with Crippen LogP contribution in [0.15, 0.2) is 18.3 Å². The van der Waals surface area contributed by atoms with Gasteiger partial charge in [0.15, 0.2) is 5.82 Å². The van der Waals surface area contributed by atoms with Gasteiger partial charge in [-0.3, -0.25) is 4.79 Å². The summed E-state index contributed by atoms with van der Waals surface area (Å²) in [6.45, 7) is 1.85. The van der Waals surface area contributed by atoms with Crippen LogP contribution in [-0.4, -0.2) is 26.0 Å². The zero-order valence-corrected chi connectivity index (χ0v) is 11.5. The Morgan fingerprint density at radius 3 is 2.86 bits per heavy atom. The molecule has 0 fully saturated rings. The van der Waals surface area contributed by atoms with E-state index in [1.807, 2.05) is 6.92 Å². The van der Waals surface area contributed by atoms with Gasteiger partial charge in [-0.1, -0.05) is 0 Å². The standard InChI is InChI=1S/C15H14FN3O2/c1-8-11-6-9(15(20)21)2-4-12(11)19-14(18-8)13-5-3-10(16)7-17-13/h3,5,7,9H,2,4,6H2,1H3,(H,20,21). The monoisotopic (exact) mass is 287 g/mol. The van der Waals surface area contributed by atoms with Crippen molar-refractivity contribution in [3.8, 4) is 11.5 Å². The van der Waals surface area contributed by atoms with Gasteiger partial charge in [0.2, 0.25) is 0 Å². The molecule has 1 aliphatic rings. The van der Waals surface area contributed by atoms with E-state index in [-0.39, 0.29) is 5.92 Å². The lowest BCUT2D eigenvalue weighted by Gasteiger charge is -2.22. The Hall–Kier alpha value is -2.37. The Kier molecular flexibility index (Phi) is 3.37. The van der Waals surface area contributed by atoms with Crippen LogP contribution in [0.1, 0.15) is 23.4 Å². The third-order valence-corrected chi connectivity index (χ3v) is 3.79. The van der Waals surface area contributed by atoms with Crippen LogP contribution in [-0.2, 0) is 17.6 Å². The molecule has 0 aliphatic heterocycles. The second-order valence-electron chi connectivity index (χ2n) is 5.20. The molecule has 6 heteroatoms. The minimum absolute atomic E-state index is 0.366. The van der Waals surface area contributed by atoms with E-state index in [0.29, 0.717) is 30.8 Å². The van der Waals surface area contributed by atoms with E-state index in [1.165, 1.54) is 6.07 Å². The molecular weight excluding hydrogens is 273 g/mol. The van der Waals surface area contributed by atoms with Crippen LogP contribution in [0.2, 0.25) is 0 Å². The number of carbonyl (C=O) groups is 1. The molecule has 0 saturated carbocycles. The predicted octanol–water partition coefficient (Wildman–Crippen LogP) is 2.18. The third kappa shape index (κ3) is 2.61. The van der Waals surface area contributed by atoms with Crippen molar-refractivity contribution in [1.29, 1.82) is 0 Å². The molecular formula is C15H14FN3O2. The first-order chi connectivity index (χ1) is 10.0. The van der Waals surface area contributed by atoms with Gasteiger partial charge in [-0.25, -0.2) is 19.3 Å². The molecule has 1 atom stereocenters. The number of rotatable bonds is 2. The van der Waals surface area contributed by atoms with Crippen LogP contribution in [0.5, 0.6) is 0 Å². The number of pyridine rings is 1. The van der Waals surface area contributed by atoms with E-state index in [0.717, 1.165) is 23.1 Å². The summed E-state index contributed by atoms with van der Waals surface area (Å²) in [5.74, 6) is -1.09. The highest BCUT2D eigenvalue weighted by atomic mass is 19.1. The number of carboxylic acids is 1. The van der Waals surface area contributed by atoms with E-state index >= 15 is 0 Å². The highest BCUT2D eigenvalue weighted by Gasteiger charge is 2.27. The Labute approximate surface area is 120 Å². The number of halogens is 1. The number of nitrogens with zero attached hydrogens (tertiary/aromatic N) is 3. The smallest absolute Gasteiger partial charge is 0.306 e. The van der Waals surface area contributed by atoms with Gasteiger partial charge in [0.1, 0.15) is 11.5 Å². The van der Waals surface area contributed by atoms with Crippen LogP contribution in [0.4, 0.5) is 4.39 Å². The predicted molar refractivity (Wildman–Crippen MR) is 73.1 cm³/mol. The van der Waals surface area contributed by atoms with Gasteiger partial charge >= 0.3 is 5.97 Å². The molecule has 0 amide bonds. The van der Waals surface area contributed by atoms with Crippen LogP contribution in [0, 0.1) is 18.7 Å². The zero-order chi connectivity index (χ0) is 15.0. The first kappa shape index (κ1) is 13.6. The summed E-state index contributed by atoms with van der Waals surface area (Å²) in [6.07, 6.45) is 2.79. The van der Waals surface area contributed by atoms with Gasteiger partial charge in [-0.2, -0.15) is 0 Å². The average molecular weight is 287 g/mol. The number of aromatic nitrogens is 3. The summed E-state index contributed by atoms with van der Waals surface area (Å²) in [6, 6.07) is 2.86. The molecule has 3 rings (SSSR count). The summed E-state index contributed by atoms with van der Waals surface area (Å²) in [5, 5.41) is 9.13. The van der Waals surface area contributed by atoms with E-state index < -0.39 is 11.8 Å². The van der Waals surface area contributed by atoms with Crippen LogP contribution < -0.4 is 0 Å². The van der Waals surface area contributed by atoms with Crippen molar-refractivity contribution in [2.24, 2.45) is 5.92 Å². The summed E-state index contributed by atoms with van der Waals surface area (Å²) < 4.78 is 12.9. The maximum Gasteiger partial charge on any atom is 0.306 e. The molecule has 0 saturated heterocycles. The molecule has 0 radical (unpaired) electrons. The largest absolute Gasteiger partial charge is 0.481 e. The topological polar surface area (TPSA) is 76.0 Å². The van der Waals surface area contributed by atoms with Crippen LogP contribution in [0.3, 0.4) is 0 Å². The molecule has 2 aromatic heterocycles. The second-order valence-corrected chi connectivity index (χ2v) is 5.20. The molecule has 2 aromatic rings.